The molecule has 0 unspecified atom stereocenters. The second kappa shape index (κ2) is 6.92. The van der Waals surface area contributed by atoms with Crippen LogP contribution in [0.4, 0.5) is 0 Å². The molecule has 0 spiro atoms. The minimum Gasteiger partial charge on any atom is -0.497 e. The molecular weight excluding hydrogens is 340 g/mol. The molecule has 0 saturated heterocycles. The van der Waals surface area contributed by atoms with Gasteiger partial charge in [0, 0.05) is 0 Å². The summed E-state index contributed by atoms with van der Waals surface area (Å²) in [5.41, 5.74) is 0.680. The van der Waals surface area contributed by atoms with Crippen molar-refractivity contribution < 1.29 is 19.1 Å². The lowest BCUT2D eigenvalue weighted by molar-refractivity contribution is 0.0400. The van der Waals surface area contributed by atoms with Crippen LogP contribution < -0.4 is 4.74 Å². The summed E-state index contributed by atoms with van der Waals surface area (Å²) in [6.07, 6.45) is 0. The number of methoxy groups -OCH3 is 1. The van der Waals surface area contributed by atoms with E-state index in [-0.39, 0.29) is 5.56 Å². The van der Waals surface area contributed by atoms with Gasteiger partial charge in [0.15, 0.2) is 0 Å². The summed E-state index contributed by atoms with van der Waals surface area (Å²) in [5.74, 6) is -0.735. The van der Waals surface area contributed by atoms with E-state index >= 15 is 0 Å². The maximum absolute atomic E-state index is 12.9. The molecule has 0 N–H and O–H groups in total. The highest BCUT2D eigenvalue weighted by Crippen LogP contribution is 2.29. The third-order valence-corrected chi connectivity index (χ3v) is 4.49. The third-order valence-electron chi connectivity index (χ3n) is 4.49. The van der Waals surface area contributed by atoms with Crippen LogP contribution >= 0.6 is 0 Å². The molecule has 0 heterocycles. The van der Waals surface area contributed by atoms with Gasteiger partial charge in [0.2, 0.25) is 0 Å². The fraction of sp³-hybridized carbons (Fsp3) is 0.0435. The fourth-order valence-corrected chi connectivity index (χ4v) is 3.15. The van der Waals surface area contributed by atoms with Gasteiger partial charge >= 0.3 is 11.9 Å². The lowest BCUT2D eigenvalue weighted by Crippen LogP contribution is -2.13. The molecule has 4 nitrogen and oxygen atoms in total. The van der Waals surface area contributed by atoms with Crippen LogP contribution in [0.5, 0.6) is 5.75 Å². The zero-order valence-corrected chi connectivity index (χ0v) is 14.6. The first kappa shape index (κ1) is 16.8. The number of fused-ring (bicyclic) bond motifs is 2. The van der Waals surface area contributed by atoms with Crippen molar-refractivity contribution in [3.05, 3.63) is 90.0 Å². The van der Waals surface area contributed by atoms with Gasteiger partial charge in [-0.25, -0.2) is 9.59 Å². The molecule has 0 bridgehead atoms. The summed E-state index contributed by atoms with van der Waals surface area (Å²) in [5, 5.41) is 3.34. The van der Waals surface area contributed by atoms with E-state index in [2.05, 4.69) is 0 Å². The van der Waals surface area contributed by atoms with Crippen LogP contribution in [-0.4, -0.2) is 19.0 Å². The number of esters is 2. The summed E-state index contributed by atoms with van der Waals surface area (Å²) in [7, 11) is 1.54. The molecule has 0 aliphatic carbocycles. The molecule has 4 rings (SSSR count). The first-order valence-electron chi connectivity index (χ1n) is 8.48. The second-order valence-electron chi connectivity index (χ2n) is 6.10. The molecule has 4 aromatic rings. The van der Waals surface area contributed by atoms with Crippen LogP contribution in [0.1, 0.15) is 20.7 Å². The van der Waals surface area contributed by atoms with Crippen LogP contribution in [0.3, 0.4) is 0 Å². The summed E-state index contributed by atoms with van der Waals surface area (Å²) in [4.78, 5) is 25.3. The van der Waals surface area contributed by atoms with Gasteiger partial charge in [0.25, 0.3) is 0 Å². The van der Waals surface area contributed by atoms with E-state index in [4.69, 9.17) is 9.47 Å². The molecule has 0 fully saturated rings. The van der Waals surface area contributed by atoms with E-state index in [1.807, 2.05) is 54.6 Å². The fourth-order valence-electron chi connectivity index (χ4n) is 3.15. The first-order chi connectivity index (χ1) is 13.2. The topological polar surface area (TPSA) is 52.6 Å². The van der Waals surface area contributed by atoms with Gasteiger partial charge in [-0.15, -0.1) is 0 Å². The SMILES string of the molecule is COc1ccc(C(=O)OC(=O)c2c3ccccc3cc3ccccc23)cc1. The molecule has 4 aromatic carbocycles. The third kappa shape index (κ3) is 3.13. The minimum atomic E-state index is -0.695. The number of carbonyl (C=O) groups is 2. The monoisotopic (exact) mass is 356 g/mol. The van der Waals surface area contributed by atoms with Crippen molar-refractivity contribution in [1.29, 1.82) is 0 Å². The Morgan fingerprint density at radius 1 is 0.704 bits per heavy atom. The van der Waals surface area contributed by atoms with Gasteiger partial charge in [0.1, 0.15) is 5.75 Å². The van der Waals surface area contributed by atoms with Crippen molar-refractivity contribution in [3.63, 3.8) is 0 Å². The Kier molecular flexibility index (Phi) is 4.30. The highest BCUT2D eigenvalue weighted by molar-refractivity contribution is 6.18. The van der Waals surface area contributed by atoms with Gasteiger partial charge in [-0.3, -0.25) is 0 Å². The molecule has 0 aliphatic rings. The van der Waals surface area contributed by atoms with Gasteiger partial charge in [0.05, 0.1) is 18.2 Å². The van der Waals surface area contributed by atoms with Crippen molar-refractivity contribution >= 4 is 33.5 Å². The molecule has 0 saturated carbocycles. The van der Waals surface area contributed by atoms with Gasteiger partial charge < -0.3 is 9.47 Å². The Balaban J connectivity index is 1.75. The molecule has 0 aromatic heterocycles. The maximum atomic E-state index is 12.9. The molecule has 4 heteroatoms. The number of hydrogen-bond acceptors (Lipinski definition) is 4. The maximum Gasteiger partial charge on any atom is 0.347 e. The van der Waals surface area contributed by atoms with Crippen molar-refractivity contribution in [3.8, 4) is 5.75 Å². The molecule has 0 aliphatic heterocycles. The lowest BCUT2D eigenvalue weighted by Gasteiger charge is -2.11. The van der Waals surface area contributed by atoms with Gasteiger partial charge in [-0.2, -0.15) is 0 Å². The van der Waals surface area contributed by atoms with Gasteiger partial charge in [-0.05, 0) is 51.9 Å². The molecule has 0 amide bonds. The van der Waals surface area contributed by atoms with Crippen LogP contribution in [0, 0.1) is 0 Å². The number of ether oxygens (including phenoxy) is 2. The first-order valence-corrected chi connectivity index (χ1v) is 8.48. The highest BCUT2D eigenvalue weighted by atomic mass is 16.6. The molecule has 27 heavy (non-hydrogen) atoms. The Hall–Kier alpha value is -3.66. The molecule has 132 valence electrons. The van der Waals surface area contributed by atoms with Crippen molar-refractivity contribution in [2.24, 2.45) is 0 Å². The zero-order valence-electron chi connectivity index (χ0n) is 14.6. The van der Waals surface area contributed by atoms with E-state index in [9.17, 15) is 9.59 Å². The van der Waals surface area contributed by atoms with E-state index in [1.54, 1.807) is 31.4 Å². The summed E-state index contributed by atoms with van der Waals surface area (Å²) < 4.78 is 10.3. The summed E-state index contributed by atoms with van der Waals surface area (Å²) in [6, 6.07) is 23.6. The number of hydrogen-bond donors (Lipinski definition) is 0. The smallest absolute Gasteiger partial charge is 0.347 e. The van der Waals surface area contributed by atoms with Crippen molar-refractivity contribution in [2.75, 3.05) is 7.11 Å². The predicted molar refractivity (Wildman–Crippen MR) is 104 cm³/mol. The molecule has 0 atom stereocenters. The highest BCUT2D eigenvalue weighted by Gasteiger charge is 2.20. The number of carbonyl (C=O) groups excluding carboxylic acids is 2. The quantitative estimate of drug-likeness (QED) is 0.294. The Morgan fingerprint density at radius 3 is 1.81 bits per heavy atom. The Morgan fingerprint density at radius 2 is 1.26 bits per heavy atom. The summed E-state index contributed by atoms with van der Waals surface area (Å²) >= 11 is 0. The second-order valence-corrected chi connectivity index (χ2v) is 6.10. The predicted octanol–water partition coefficient (Wildman–Crippen LogP) is 5.00. The largest absolute Gasteiger partial charge is 0.497 e. The lowest BCUT2D eigenvalue weighted by atomic mass is 9.97. The average Bonchev–Trinajstić information content (AvgIpc) is 2.71. The van der Waals surface area contributed by atoms with Crippen LogP contribution in [0.15, 0.2) is 78.9 Å². The van der Waals surface area contributed by atoms with Gasteiger partial charge in [-0.1, -0.05) is 48.5 Å². The molecule has 0 radical (unpaired) electrons. The van der Waals surface area contributed by atoms with Crippen LogP contribution in [0.25, 0.3) is 21.5 Å². The molecular formula is C23H16O4. The van der Waals surface area contributed by atoms with Crippen LogP contribution in [-0.2, 0) is 4.74 Å². The average molecular weight is 356 g/mol. The van der Waals surface area contributed by atoms with E-state index in [1.165, 1.54) is 0 Å². The van der Waals surface area contributed by atoms with E-state index in [0.717, 1.165) is 21.5 Å². The normalized spacial score (nSPS) is 10.7. The number of benzene rings is 4. The van der Waals surface area contributed by atoms with E-state index in [0.29, 0.717) is 11.3 Å². The minimum absolute atomic E-state index is 0.286. The summed E-state index contributed by atoms with van der Waals surface area (Å²) in [6.45, 7) is 0. The van der Waals surface area contributed by atoms with Crippen LogP contribution in [0.2, 0.25) is 0 Å². The Labute approximate surface area is 155 Å². The van der Waals surface area contributed by atoms with E-state index < -0.39 is 11.9 Å². The van der Waals surface area contributed by atoms with Crippen molar-refractivity contribution in [2.45, 2.75) is 0 Å². The Bertz CT molecular complexity index is 1110. The number of rotatable bonds is 3. The zero-order chi connectivity index (χ0) is 18.8. The van der Waals surface area contributed by atoms with Crippen molar-refractivity contribution in [1.82, 2.24) is 0 Å². The standard InChI is InChI=1S/C23H16O4/c1-26-18-12-10-15(11-13-18)22(24)27-23(25)21-19-8-4-2-6-16(19)14-17-7-3-5-9-20(17)21/h2-14H,1H3.